The molecule has 1 N–H and O–H groups in total. The number of piperidine rings is 1. The normalized spacial score (nSPS) is 17.0. The summed E-state index contributed by atoms with van der Waals surface area (Å²) in [7, 11) is 1.65. The molecule has 1 saturated heterocycles. The number of ether oxygens (including phenoxy) is 1. The molecule has 0 radical (unpaired) electrons. The molecule has 206 valence electrons. The Labute approximate surface area is 240 Å². The lowest BCUT2D eigenvalue weighted by Crippen LogP contribution is -2.52. The van der Waals surface area contributed by atoms with Crippen LogP contribution in [0.4, 0.5) is 0 Å². The van der Waals surface area contributed by atoms with Gasteiger partial charge in [-0.15, -0.1) is 10.2 Å². The van der Waals surface area contributed by atoms with E-state index in [1.54, 1.807) is 11.9 Å². The highest BCUT2D eigenvalue weighted by atomic mass is 16.5. The van der Waals surface area contributed by atoms with Gasteiger partial charge >= 0.3 is 0 Å². The predicted octanol–water partition coefficient (Wildman–Crippen LogP) is 5.17. The summed E-state index contributed by atoms with van der Waals surface area (Å²) < 4.78 is 5.25. The monoisotopic (exact) mass is 543 g/mol. The van der Waals surface area contributed by atoms with Crippen molar-refractivity contribution >= 4 is 6.08 Å². The Balaban J connectivity index is 1.36. The van der Waals surface area contributed by atoms with Crippen molar-refractivity contribution in [3.63, 3.8) is 0 Å². The van der Waals surface area contributed by atoms with Gasteiger partial charge in [-0.05, 0) is 57.7 Å². The van der Waals surface area contributed by atoms with Crippen molar-refractivity contribution in [3.8, 4) is 5.75 Å². The Hall–Kier alpha value is -4.59. The zero-order chi connectivity index (χ0) is 28.1. The maximum Gasteiger partial charge on any atom is 0.197 e. The molecule has 1 aliphatic rings. The zero-order valence-corrected chi connectivity index (χ0v) is 23.0. The van der Waals surface area contributed by atoms with Gasteiger partial charge in [0.1, 0.15) is 5.75 Å². The molecular weight excluding hydrogens is 510 g/mol. The highest BCUT2D eigenvalue weighted by molar-refractivity contribution is 5.52. The van der Waals surface area contributed by atoms with Crippen LogP contribution in [0, 0.1) is 0 Å². The van der Waals surface area contributed by atoms with E-state index in [-0.39, 0.29) is 0 Å². The number of aromatic nitrogens is 4. The van der Waals surface area contributed by atoms with Gasteiger partial charge < -0.3 is 9.84 Å². The smallest absolute Gasteiger partial charge is 0.197 e. The molecule has 4 aromatic carbocycles. The molecule has 0 saturated carbocycles. The first kappa shape index (κ1) is 26.6. The third-order valence-electron chi connectivity index (χ3n) is 7.79. The van der Waals surface area contributed by atoms with E-state index in [1.807, 2.05) is 30.3 Å². The van der Waals surface area contributed by atoms with E-state index in [4.69, 9.17) is 4.74 Å². The number of aliphatic hydroxyl groups is 1. The lowest BCUT2D eigenvalue weighted by atomic mass is 9.74. The minimum atomic E-state index is -0.584. The molecule has 1 fully saturated rings. The van der Waals surface area contributed by atoms with Crippen molar-refractivity contribution in [1.29, 1.82) is 0 Å². The van der Waals surface area contributed by atoms with Crippen molar-refractivity contribution < 1.29 is 9.84 Å². The van der Waals surface area contributed by atoms with Gasteiger partial charge in [-0.3, -0.25) is 4.90 Å². The average molecular weight is 544 g/mol. The fourth-order valence-electron chi connectivity index (χ4n) is 5.82. The lowest BCUT2D eigenvalue weighted by Gasteiger charge is -2.48. The third kappa shape index (κ3) is 5.42. The molecule has 5 aromatic rings. The molecule has 0 aliphatic carbocycles. The molecule has 1 atom stereocenters. The number of rotatable bonds is 8. The van der Waals surface area contributed by atoms with Gasteiger partial charge in [0.05, 0.1) is 25.3 Å². The second kappa shape index (κ2) is 11.9. The van der Waals surface area contributed by atoms with E-state index in [0.717, 1.165) is 23.4 Å². The molecular formula is C34H33N5O2. The Morgan fingerprint density at radius 3 is 1.93 bits per heavy atom. The average Bonchev–Trinajstić information content (AvgIpc) is 3.47. The molecule has 1 unspecified atom stereocenters. The van der Waals surface area contributed by atoms with Crippen molar-refractivity contribution in [2.24, 2.45) is 0 Å². The summed E-state index contributed by atoms with van der Waals surface area (Å²) in [6.45, 7) is 1.76. The summed E-state index contributed by atoms with van der Waals surface area (Å²) in [5.41, 5.74) is 4.89. The Morgan fingerprint density at radius 1 is 0.829 bits per heavy atom. The fraction of sp³-hybridized carbons (Fsp3) is 0.206. The van der Waals surface area contributed by atoms with Crippen LogP contribution >= 0.6 is 0 Å². The predicted molar refractivity (Wildman–Crippen MR) is 159 cm³/mol. The highest BCUT2D eigenvalue weighted by Gasteiger charge is 2.44. The number of aliphatic hydroxyl groups excluding tert-OH is 1. The molecule has 2 heterocycles. The van der Waals surface area contributed by atoms with E-state index in [0.29, 0.717) is 25.3 Å². The Morgan fingerprint density at radius 2 is 1.39 bits per heavy atom. The van der Waals surface area contributed by atoms with Crippen LogP contribution in [0.1, 0.15) is 34.5 Å². The second-order valence-corrected chi connectivity index (χ2v) is 10.3. The summed E-state index contributed by atoms with van der Waals surface area (Å²) in [6, 6.07) is 39.7. The lowest BCUT2D eigenvalue weighted by molar-refractivity contribution is 0.0871. The maximum atomic E-state index is 11.1. The first-order chi connectivity index (χ1) is 20.2. The van der Waals surface area contributed by atoms with Crippen LogP contribution in [-0.4, -0.2) is 56.5 Å². The molecule has 6 rings (SSSR count). The van der Waals surface area contributed by atoms with Gasteiger partial charge in [0.15, 0.2) is 5.82 Å². The molecule has 0 bridgehead atoms. The standard InChI is InChI=1S/C34H33N5O2/c1-41-31-19-17-26(18-20-31)24-39-36-33(35-37-39)23-27-25-38(22-21-32(27)40)34(28-11-5-2-6-12-28,29-13-7-3-8-14-29)30-15-9-4-10-16-30/h2-20,23,32,40H,21-22,24-25H2,1H3. The van der Waals surface area contributed by atoms with Crippen molar-refractivity contribution in [1.82, 2.24) is 25.1 Å². The van der Waals surface area contributed by atoms with Gasteiger partial charge in [-0.2, -0.15) is 4.80 Å². The first-order valence-corrected chi connectivity index (χ1v) is 13.9. The van der Waals surface area contributed by atoms with E-state index in [9.17, 15) is 5.11 Å². The topological polar surface area (TPSA) is 76.3 Å². The third-order valence-corrected chi connectivity index (χ3v) is 7.79. The summed E-state index contributed by atoms with van der Waals surface area (Å²) in [5.74, 6) is 1.29. The Kier molecular flexibility index (Phi) is 7.71. The summed E-state index contributed by atoms with van der Waals surface area (Å²) in [4.78, 5) is 4.04. The van der Waals surface area contributed by atoms with Crippen LogP contribution < -0.4 is 4.74 Å². The van der Waals surface area contributed by atoms with Crippen molar-refractivity contribution in [3.05, 3.63) is 149 Å². The van der Waals surface area contributed by atoms with E-state index in [2.05, 4.69) is 111 Å². The summed E-state index contributed by atoms with van der Waals surface area (Å²) in [6.07, 6.45) is 1.90. The van der Waals surface area contributed by atoms with Crippen LogP contribution in [0.5, 0.6) is 5.75 Å². The number of benzene rings is 4. The number of nitrogens with zero attached hydrogens (tertiary/aromatic N) is 5. The van der Waals surface area contributed by atoms with Gasteiger partial charge in [0.25, 0.3) is 0 Å². The largest absolute Gasteiger partial charge is 0.497 e. The number of hydrogen-bond acceptors (Lipinski definition) is 6. The zero-order valence-electron chi connectivity index (χ0n) is 23.0. The molecule has 7 heteroatoms. The SMILES string of the molecule is COc1ccc(Cn2nnc(C=C3CN(C(c4ccccc4)(c4ccccc4)c4ccccc4)CCC3O)n2)cc1. The number of methoxy groups -OCH3 is 1. The van der Waals surface area contributed by atoms with Crippen molar-refractivity contribution in [2.45, 2.75) is 24.6 Å². The van der Waals surface area contributed by atoms with Gasteiger partial charge in [0, 0.05) is 13.1 Å². The fourth-order valence-corrected chi connectivity index (χ4v) is 5.82. The maximum absolute atomic E-state index is 11.1. The van der Waals surface area contributed by atoms with Crippen LogP contribution in [-0.2, 0) is 12.1 Å². The number of tetrazole rings is 1. The van der Waals surface area contributed by atoms with E-state index < -0.39 is 11.6 Å². The Bertz CT molecular complexity index is 1490. The van der Waals surface area contributed by atoms with Gasteiger partial charge in [-0.1, -0.05) is 103 Å². The van der Waals surface area contributed by atoms with Crippen LogP contribution in [0.25, 0.3) is 6.08 Å². The molecule has 7 nitrogen and oxygen atoms in total. The number of hydrogen-bond donors (Lipinski definition) is 1. The summed E-state index contributed by atoms with van der Waals surface area (Å²) in [5, 5.41) is 24.3. The second-order valence-electron chi connectivity index (χ2n) is 10.3. The highest BCUT2D eigenvalue weighted by Crippen LogP contribution is 2.44. The minimum absolute atomic E-state index is 0.485. The van der Waals surface area contributed by atoms with Crippen LogP contribution in [0.15, 0.2) is 121 Å². The van der Waals surface area contributed by atoms with E-state index >= 15 is 0 Å². The van der Waals surface area contributed by atoms with Gasteiger partial charge in [0.2, 0.25) is 0 Å². The van der Waals surface area contributed by atoms with Crippen LogP contribution in [0.3, 0.4) is 0 Å². The quantitative estimate of drug-likeness (QED) is 0.272. The molecule has 1 aromatic heterocycles. The first-order valence-electron chi connectivity index (χ1n) is 13.9. The van der Waals surface area contributed by atoms with Crippen LogP contribution in [0.2, 0.25) is 0 Å². The van der Waals surface area contributed by atoms with Gasteiger partial charge in [-0.25, -0.2) is 0 Å². The molecule has 41 heavy (non-hydrogen) atoms. The molecule has 0 amide bonds. The summed E-state index contributed by atoms with van der Waals surface area (Å²) >= 11 is 0. The van der Waals surface area contributed by atoms with Crippen molar-refractivity contribution in [2.75, 3.05) is 20.2 Å². The molecule has 1 aliphatic heterocycles. The molecule has 0 spiro atoms. The number of likely N-dealkylation sites (tertiary alicyclic amines) is 1. The van der Waals surface area contributed by atoms with E-state index in [1.165, 1.54) is 16.7 Å². The minimum Gasteiger partial charge on any atom is -0.497 e.